The summed E-state index contributed by atoms with van der Waals surface area (Å²) < 4.78 is 14.1. The average molecular weight is 264 g/mol. The van der Waals surface area contributed by atoms with E-state index in [0.717, 1.165) is 18.5 Å². The number of primary amides is 1. The number of carbonyl (C=O) groups is 1. The smallest absolute Gasteiger partial charge is 0.257 e. The predicted octanol–water partition coefficient (Wildman–Crippen LogP) is 1.15. The summed E-state index contributed by atoms with van der Waals surface area (Å²) in [4.78, 5) is 21.4. The maximum Gasteiger partial charge on any atom is 0.257 e. The Kier molecular flexibility index (Phi) is 2.88. The molecule has 1 aliphatic heterocycles. The second-order valence-corrected chi connectivity index (χ2v) is 5.43. The summed E-state index contributed by atoms with van der Waals surface area (Å²) in [5.41, 5.74) is 4.20. The monoisotopic (exact) mass is 264 g/mol. The summed E-state index contributed by atoms with van der Waals surface area (Å²) in [6.07, 6.45) is 5.20. The van der Waals surface area contributed by atoms with Gasteiger partial charge >= 0.3 is 0 Å². The highest BCUT2D eigenvalue weighted by Crippen LogP contribution is 2.36. The van der Waals surface area contributed by atoms with Crippen LogP contribution in [-0.4, -0.2) is 34.6 Å². The van der Waals surface area contributed by atoms with Crippen LogP contribution in [0.25, 0.3) is 0 Å². The first kappa shape index (κ1) is 12.3. The van der Waals surface area contributed by atoms with Gasteiger partial charge in [0.05, 0.1) is 6.54 Å². The summed E-state index contributed by atoms with van der Waals surface area (Å²) in [6, 6.07) is 1.91. The minimum absolute atomic E-state index is 0.0105. The Morgan fingerprint density at radius 3 is 2.84 bits per heavy atom. The summed E-state index contributed by atoms with van der Waals surface area (Å²) in [5, 5.41) is 0. The lowest BCUT2D eigenvalue weighted by molar-refractivity contribution is -0.128. The average Bonchev–Trinajstić information content (AvgIpc) is 2.72. The standard InChI is InChI=1S/C13H17FN4O/c14-13(12(15)19)4-5-18(7-13)11-6-10(16-8-17-11)9-2-1-3-9/h6,8-9H,1-5,7H2,(H2,15,19). The third-order valence-electron chi connectivity index (χ3n) is 4.18. The molecular formula is C13H17FN4O. The third kappa shape index (κ3) is 2.15. The largest absolute Gasteiger partial charge is 0.367 e. The molecular weight excluding hydrogens is 247 g/mol. The minimum Gasteiger partial charge on any atom is -0.367 e. The van der Waals surface area contributed by atoms with Crippen LogP contribution in [0.2, 0.25) is 0 Å². The molecule has 0 radical (unpaired) electrons. The van der Waals surface area contributed by atoms with Crippen LogP contribution < -0.4 is 10.6 Å². The van der Waals surface area contributed by atoms with Gasteiger partial charge in [-0.1, -0.05) is 6.42 Å². The van der Waals surface area contributed by atoms with Crippen LogP contribution in [-0.2, 0) is 4.79 Å². The molecule has 1 amide bonds. The zero-order chi connectivity index (χ0) is 13.5. The van der Waals surface area contributed by atoms with Gasteiger partial charge in [0.1, 0.15) is 12.1 Å². The molecule has 0 bridgehead atoms. The summed E-state index contributed by atoms with van der Waals surface area (Å²) >= 11 is 0. The third-order valence-corrected chi connectivity index (χ3v) is 4.18. The SMILES string of the molecule is NC(=O)C1(F)CCN(c2cc(C3CCC3)ncn2)C1. The van der Waals surface area contributed by atoms with E-state index in [0.29, 0.717) is 18.3 Å². The van der Waals surface area contributed by atoms with Crippen molar-refractivity contribution in [1.29, 1.82) is 0 Å². The molecule has 1 aromatic rings. The Bertz CT molecular complexity index is 505. The first-order valence-corrected chi connectivity index (χ1v) is 6.64. The van der Waals surface area contributed by atoms with E-state index in [1.807, 2.05) is 6.07 Å². The van der Waals surface area contributed by atoms with E-state index in [1.54, 1.807) is 4.90 Å². The van der Waals surface area contributed by atoms with Crippen molar-refractivity contribution in [1.82, 2.24) is 9.97 Å². The van der Waals surface area contributed by atoms with Gasteiger partial charge in [-0.05, 0) is 12.8 Å². The van der Waals surface area contributed by atoms with Crippen LogP contribution in [0.3, 0.4) is 0 Å². The van der Waals surface area contributed by atoms with Crippen LogP contribution in [0.5, 0.6) is 0 Å². The van der Waals surface area contributed by atoms with Crippen molar-refractivity contribution in [3.8, 4) is 0 Å². The quantitative estimate of drug-likeness (QED) is 0.888. The Labute approximate surface area is 111 Å². The topological polar surface area (TPSA) is 72.1 Å². The summed E-state index contributed by atoms with van der Waals surface area (Å²) in [7, 11) is 0. The molecule has 1 atom stereocenters. The molecule has 5 nitrogen and oxygen atoms in total. The highest BCUT2D eigenvalue weighted by molar-refractivity contribution is 5.85. The Morgan fingerprint density at radius 2 is 2.26 bits per heavy atom. The lowest BCUT2D eigenvalue weighted by Crippen LogP contribution is -2.42. The number of carbonyl (C=O) groups excluding carboxylic acids is 1. The second kappa shape index (κ2) is 4.43. The molecule has 2 fully saturated rings. The molecule has 6 heteroatoms. The number of nitrogens with zero attached hydrogens (tertiary/aromatic N) is 3. The fourth-order valence-electron chi connectivity index (χ4n) is 2.63. The number of alkyl halides is 1. The molecule has 2 heterocycles. The van der Waals surface area contributed by atoms with Crippen molar-refractivity contribution in [3.05, 3.63) is 18.1 Å². The number of hydrogen-bond donors (Lipinski definition) is 1. The van der Waals surface area contributed by atoms with Crippen LogP contribution in [0, 0.1) is 0 Å². The van der Waals surface area contributed by atoms with E-state index in [4.69, 9.17) is 5.73 Å². The van der Waals surface area contributed by atoms with Crippen LogP contribution in [0.4, 0.5) is 10.2 Å². The number of halogens is 1. The van der Waals surface area contributed by atoms with E-state index >= 15 is 0 Å². The van der Waals surface area contributed by atoms with Gasteiger partial charge in [-0.15, -0.1) is 0 Å². The summed E-state index contributed by atoms with van der Waals surface area (Å²) in [6.45, 7) is 0.448. The molecule has 3 rings (SSSR count). The lowest BCUT2D eigenvalue weighted by atomic mass is 9.83. The zero-order valence-corrected chi connectivity index (χ0v) is 10.7. The minimum atomic E-state index is -1.93. The molecule has 19 heavy (non-hydrogen) atoms. The first-order chi connectivity index (χ1) is 9.08. The molecule has 2 N–H and O–H groups in total. The number of amides is 1. The van der Waals surface area contributed by atoms with Crippen LogP contribution >= 0.6 is 0 Å². The number of hydrogen-bond acceptors (Lipinski definition) is 4. The van der Waals surface area contributed by atoms with E-state index in [9.17, 15) is 9.18 Å². The number of anilines is 1. The Balaban J connectivity index is 1.78. The number of rotatable bonds is 3. The van der Waals surface area contributed by atoms with Crippen molar-refractivity contribution < 1.29 is 9.18 Å². The predicted molar refractivity (Wildman–Crippen MR) is 68.5 cm³/mol. The van der Waals surface area contributed by atoms with Gasteiger partial charge in [0.2, 0.25) is 5.67 Å². The molecule has 1 aliphatic carbocycles. The lowest BCUT2D eigenvalue weighted by Gasteiger charge is -2.26. The number of aromatic nitrogens is 2. The van der Waals surface area contributed by atoms with Crippen molar-refractivity contribution in [2.24, 2.45) is 5.73 Å². The molecule has 0 spiro atoms. The van der Waals surface area contributed by atoms with E-state index in [-0.39, 0.29) is 13.0 Å². The molecule has 1 unspecified atom stereocenters. The molecule has 102 valence electrons. The number of nitrogens with two attached hydrogens (primary N) is 1. The van der Waals surface area contributed by atoms with Crippen molar-refractivity contribution >= 4 is 11.7 Å². The zero-order valence-electron chi connectivity index (χ0n) is 10.7. The van der Waals surface area contributed by atoms with Gasteiger partial charge in [-0.2, -0.15) is 0 Å². The van der Waals surface area contributed by atoms with Crippen LogP contribution in [0.15, 0.2) is 12.4 Å². The van der Waals surface area contributed by atoms with Crippen molar-refractivity contribution in [2.45, 2.75) is 37.3 Å². The molecule has 1 saturated carbocycles. The Morgan fingerprint density at radius 1 is 1.47 bits per heavy atom. The van der Waals surface area contributed by atoms with Gasteiger partial charge in [-0.25, -0.2) is 14.4 Å². The van der Waals surface area contributed by atoms with Gasteiger partial charge in [0.25, 0.3) is 5.91 Å². The molecule has 1 aromatic heterocycles. The van der Waals surface area contributed by atoms with Gasteiger partial charge in [0, 0.05) is 30.6 Å². The fourth-order valence-corrected chi connectivity index (χ4v) is 2.63. The molecule has 0 aromatic carbocycles. The fraction of sp³-hybridized carbons (Fsp3) is 0.615. The van der Waals surface area contributed by atoms with Gasteiger partial charge < -0.3 is 10.6 Å². The van der Waals surface area contributed by atoms with Gasteiger partial charge in [-0.3, -0.25) is 4.79 Å². The normalized spacial score (nSPS) is 27.3. The Hall–Kier alpha value is -1.72. The van der Waals surface area contributed by atoms with E-state index in [2.05, 4.69) is 9.97 Å². The highest BCUT2D eigenvalue weighted by atomic mass is 19.1. The second-order valence-electron chi connectivity index (χ2n) is 5.43. The maximum absolute atomic E-state index is 14.1. The van der Waals surface area contributed by atoms with Crippen molar-refractivity contribution in [3.63, 3.8) is 0 Å². The van der Waals surface area contributed by atoms with E-state index in [1.165, 1.54) is 12.7 Å². The van der Waals surface area contributed by atoms with Crippen molar-refractivity contribution in [2.75, 3.05) is 18.0 Å². The highest BCUT2D eigenvalue weighted by Gasteiger charge is 2.44. The van der Waals surface area contributed by atoms with Gasteiger partial charge in [0.15, 0.2) is 0 Å². The maximum atomic E-state index is 14.1. The first-order valence-electron chi connectivity index (χ1n) is 6.64. The summed E-state index contributed by atoms with van der Waals surface area (Å²) in [5.74, 6) is 0.316. The molecule has 2 aliphatic rings. The molecule has 1 saturated heterocycles. The van der Waals surface area contributed by atoms with E-state index < -0.39 is 11.6 Å². The van der Waals surface area contributed by atoms with Crippen LogP contribution in [0.1, 0.15) is 37.3 Å².